The number of nitrogens with zero attached hydrogens (tertiary/aromatic N) is 6. The molecule has 228 valence electrons. The highest BCUT2D eigenvalue weighted by molar-refractivity contribution is 6.35. The smallest absolute Gasteiger partial charge is 0.217 e. The number of epoxide rings is 1. The van der Waals surface area contributed by atoms with Gasteiger partial charge in [0.05, 0.1) is 24.3 Å². The summed E-state index contributed by atoms with van der Waals surface area (Å²) in [5.74, 6) is -1.24. The van der Waals surface area contributed by atoms with Gasteiger partial charge in [-0.05, 0) is 42.3 Å². The van der Waals surface area contributed by atoms with E-state index in [9.17, 15) is 4.39 Å². The first-order valence-corrected chi connectivity index (χ1v) is 15.1. The average Bonchev–Trinajstić information content (AvgIpc) is 3.47. The van der Waals surface area contributed by atoms with Crippen LogP contribution in [-0.2, 0) is 38.7 Å². The molecule has 0 amide bonds. The maximum Gasteiger partial charge on any atom is 0.217 e. The molecular formula is C31H28Cl3FN6O3. The molecule has 44 heavy (non-hydrogen) atoms. The molecule has 2 saturated heterocycles. The first-order chi connectivity index (χ1) is 21.3. The summed E-state index contributed by atoms with van der Waals surface area (Å²) in [6.07, 6.45) is 6.90. The molecule has 5 aromatic rings. The Kier molecular flexibility index (Phi) is 9.00. The second kappa shape index (κ2) is 12.9. The largest absolute Gasteiger partial charge is 0.354 e. The third-order valence-electron chi connectivity index (χ3n) is 7.57. The van der Waals surface area contributed by atoms with Crippen LogP contribution in [0.25, 0.3) is 0 Å². The number of hydrogen-bond acceptors (Lipinski definition) is 7. The summed E-state index contributed by atoms with van der Waals surface area (Å²) in [6, 6.07) is 19.2. The molecule has 0 saturated carbocycles. The molecule has 0 spiro atoms. The lowest BCUT2D eigenvalue weighted by Gasteiger charge is -2.29. The molecule has 7 rings (SSSR count). The molecule has 2 aliphatic rings. The second-order valence-corrected chi connectivity index (χ2v) is 11.7. The molecule has 2 aromatic heterocycles. The van der Waals surface area contributed by atoms with Crippen molar-refractivity contribution in [2.24, 2.45) is 0 Å². The number of benzene rings is 3. The SMILES string of the molecule is CCC1COC(Cn2cncn2)(c2ccc(Cl)cc2Cl)O1.Fc1ccc(C2(Cn3cncn3)OC2c2ccccc2Cl)cc1. The van der Waals surface area contributed by atoms with Crippen LogP contribution in [0.1, 0.15) is 36.1 Å². The van der Waals surface area contributed by atoms with Crippen LogP contribution >= 0.6 is 34.8 Å². The van der Waals surface area contributed by atoms with E-state index in [2.05, 4.69) is 27.1 Å². The van der Waals surface area contributed by atoms with E-state index in [-0.39, 0.29) is 18.0 Å². The van der Waals surface area contributed by atoms with Crippen LogP contribution in [0.5, 0.6) is 0 Å². The molecule has 4 unspecified atom stereocenters. The van der Waals surface area contributed by atoms with Crippen molar-refractivity contribution in [3.63, 3.8) is 0 Å². The van der Waals surface area contributed by atoms with Crippen molar-refractivity contribution in [3.8, 4) is 0 Å². The van der Waals surface area contributed by atoms with Gasteiger partial charge < -0.3 is 14.2 Å². The zero-order valence-corrected chi connectivity index (χ0v) is 25.8. The van der Waals surface area contributed by atoms with Crippen LogP contribution in [0.15, 0.2) is 92.0 Å². The molecule has 4 atom stereocenters. The molecule has 4 heterocycles. The Hall–Kier alpha value is -3.38. The molecule has 13 heteroatoms. The number of hydrogen-bond donors (Lipinski definition) is 0. The van der Waals surface area contributed by atoms with Gasteiger partial charge in [-0.15, -0.1) is 0 Å². The maximum atomic E-state index is 13.3. The Morgan fingerprint density at radius 3 is 2.18 bits per heavy atom. The van der Waals surface area contributed by atoms with E-state index in [0.717, 1.165) is 23.1 Å². The lowest BCUT2D eigenvalue weighted by atomic mass is 9.91. The van der Waals surface area contributed by atoms with Gasteiger partial charge in [0.25, 0.3) is 0 Å². The van der Waals surface area contributed by atoms with E-state index in [1.165, 1.54) is 24.8 Å². The number of rotatable bonds is 8. The van der Waals surface area contributed by atoms with E-state index < -0.39 is 11.4 Å². The zero-order valence-electron chi connectivity index (χ0n) is 23.6. The molecule has 3 aromatic carbocycles. The lowest BCUT2D eigenvalue weighted by Crippen LogP contribution is -2.34. The van der Waals surface area contributed by atoms with E-state index in [1.807, 2.05) is 30.3 Å². The fraction of sp³-hybridized carbons (Fsp3) is 0.290. The molecule has 0 bridgehead atoms. The minimum Gasteiger partial charge on any atom is -0.354 e. The van der Waals surface area contributed by atoms with E-state index in [0.29, 0.717) is 34.8 Å². The summed E-state index contributed by atoms with van der Waals surface area (Å²) >= 11 is 18.6. The summed E-state index contributed by atoms with van der Waals surface area (Å²) in [4.78, 5) is 7.92. The Bertz CT molecular complexity index is 1690. The van der Waals surface area contributed by atoms with Gasteiger partial charge in [-0.1, -0.05) is 78.1 Å². The van der Waals surface area contributed by atoms with Crippen LogP contribution in [0.3, 0.4) is 0 Å². The Morgan fingerprint density at radius 1 is 0.864 bits per heavy atom. The van der Waals surface area contributed by atoms with Gasteiger partial charge in [-0.25, -0.2) is 23.7 Å². The minimum atomic E-state index is -0.962. The normalized spacial score (nSPS) is 24.1. The van der Waals surface area contributed by atoms with Gasteiger partial charge in [0.15, 0.2) is 0 Å². The van der Waals surface area contributed by atoms with Gasteiger partial charge in [0.1, 0.15) is 49.4 Å². The van der Waals surface area contributed by atoms with Gasteiger partial charge >= 0.3 is 0 Å². The van der Waals surface area contributed by atoms with Crippen LogP contribution < -0.4 is 0 Å². The number of ether oxygens (including phenoxy) is 3. The van der Waals surface area contributed by atoms with Crippen molar-refractivity contribution in [1.82, 2.24) is 29.5 Å². The standard InChI is InChI=1S/C17H13ClFN3O.C14H15Cl2N3O2/c18-15-4-2-1-3-14(15)16-17(23-16,9-22-11-20-10-21-22)12-5-7-13(19)8-6-12;1-2-11-6-20-14(21-11,7-19-9-17-8-18-19)12-4-3-10(15)5-13(12)16/h1-8,10-11,16H,9H2;3-5,8-9,11H,2,6-7H2,1H3. The Labute approximate surface area is 268 Å². The highest BCUT2D eigenvalue weighted by Gasteiger charge is 2.59. The molecule has 0 N–H and O–H groups in total. The van der Waals surface area contributed by atoms with Gasteiger partial charge in [0, 0.05) is 21.2 Å². The van der Waals surface area contributed by atoms with Crippen molar-refractivity contribution < 1.29 is 18.6 Å². The summed E-state index contributed by atoms with van der Waals surface area (Å²) < 4.78 is 34.8. The highest BCUT2D eigenvalue weighted by Crippen LogP contribution is 2.59. The van der Waals surface area contributed by atoms with Crippen molar-refractivity contribution in [2.75, 3.05) is 6.61 Å². The Morgan fingerprint density at radius 2 is 1.57 bits per heavy atom. The van der Waals surface area contributed by atoms with Crippen molar-refractivity contribution >= 4 is 34.8 Å². The molecule has 9 nitrogen and oxygen atoms in total. The topological polar surface area (TPSA) is 92.4 Å². The zero-order chi connectivity index (χ0) is 30.7. The second-order valence-electron chi connectivity index (χ2n) is 10.4. The quantitative estimate of drug-likeness (QED) is 0.166. The maximum absolute atomic E-state index is 13.3. The van der Waals surface area contributed by atoms with Crippen molar-refractivity contribution in [3.05, 3.63) is 130 Å². The molecule has 2 aliphatic heterocycles. The Balaban J connectivity index is 0.000000157. The van der Waals surface area contributed by atoms with Gasteiger partial charge in [0.2, 0.25) is 5.79 Å². The van der Waals surface area contributed by atoms with E-state index >= 15 is 0 Å². The number of halogens is 4. The fourth-order valence-corrected chi connectivity index (χ4v) is 6.09. The molecule has 0 radical (unpaired) electrons. The molecule has 0 aliphatic carbocycles. The van der Waals surface area contributed by atoms with Crippen LogP contribution in [0.4, 0.5) is 4.39 Å². The first kappa shape index (κ1) is 30.6. The highest BCUT2D eigenvalue weighted by atomic mass is 35.5. The van der Waals surface area contributed by atoms with Gasteiger partial charge in [-0.2, -0.15) is 10.2 Å². The van der Waals surface area contributed by atoms with E-state index in [1.54, 1.807) is 46.3 Å². The summed E-state index contributed by atoms with van der Waals surface area (Å²) in [6.45, 7) is 3.44. The van der Waals surface area contributed by atoms with Gasteiger partial charge in [-0.3, -0.25) is 0 Å². The summed E-state index contributed by atoms with van der Waals surface area (Å²) in [5, 5.41) is 10.0. The molecule has 2 fully saturated rings. The third kappa shape index (κ3) is 6.37. The van der Waals surface area contributed by atoms with Crippen molar-refractivity contribution in [2.45, 2.75) is 50.0 Å². The predicted octanol–water partition coefficient (Wildman–Crippen LogP) is 7.00. The monoisotopic (exact) mass is 656 g/mol. The predicted molar refractivity (Wildman–Crippen MR) is 163 cm³/mol. The average molecular weight is 658 g/mol. The van der Waals surface area contributed by atoms with Crippen LogP contribution in [0.2, 0.25) is 15.1 Å². The number of aromatic nitrogens is 6. The summed E-state index contributed by atoms with van der Waals surface area (Å²) in [5.41, 5.74) is 1.93. The lowest BCUT2D eigenvalue weighted by molar-refractivity contribution is -0.188. The van der Waals surface area contributed by atoms with Crippen molar-refractivity contribution in [1.29, 1.82) is 0 Å². The first-order valence-electron chi connectivity index (χ1n) is 13.9. The third-order valence-corrected chi connectivity index (χ3v) is 8.46. The fourth-order valence-electron chi connectivity index (χ4n) is 5.30. The van der Waals surface area contributed by atoms with E-state index in [4.69, 9.17) is 49.0 Å². The molecular weight excluding hydrogens is 630 g/mol. The van der Waals surface area contributed by atoms with Crippen LogP contribution in [-0.4, -0.2) is 42.2 Å². The minimum absolute atomic E-state index is 0.0280. The van der Waals surface area contributed by atoms with Crippen LogP contribution in [0, 0.1) is 5.82 Å². The summed E-state index contributed by atoms with van der Waals surface area (Å²) in [7, 11) is 0.